The van der Waals surface area contributed by atoms with Crippen molar-refractivity contribution < 1.29 is 21.6 Å². The Balaban J connectivity index is 2.10. The zero-order chi connectivity index (χ0) is 18.0. The van der Waals surface area contributed by atoms with Gasteiger partial charge in [0.25, 0.3) is 0 Å². The van der Waals surface area contributed by atoms with Crippen LogP contribution in [-0.4, -0.2) is 10.5 Å². The molecule has 0 bridgehead atoms. The fourth-order valence-corrected chi connectivity index (χ4v) is 2.86. The lowest BCUT2D eigenvalue weighted by molar-refractivity contribution is 0.509. The summed E-state index contributed by atoms with van der Waals surface area (Å²) in [7, 11) is 0. The molecule has 1 atom stereocenters. The molecule has 25 heavy (non-hydrogen) atoms. The molecule has 0 aliphatic rings. The van der Waals surface area contributed by atoms with Crippen molar-refractivity contribution >= 4 is 11.1 Å². The summed E-state index contributed by atoms with van der Waals surface area (Å²) in [6.45, 7) is 0. The summed E-state index contributed by atoms with van der Waals surface area (Å²) in [6.07, 6.45) is 1.40. The van der Waals surface area contributed by atoms with E-state index in [0.29, 0.717) is 28.0 Å². The second kappa shape index (κ2) is 7.11. The highest BCUT2D eigenvalue weighted by atomic mass is 32.2. The van der Waals surface area contributed by atoms with Crippen molar-refractivity contribution in [3.05, 3.63) is 78.1 Å². The molecule has 0 saturated carbocycles. The molecule has 128 valence electrons. The topological polar surface area (TPSA) is 26.3 Å². The smallest absolute Gasteiger partial charge is 0.203 e. The first-order chi connectivity index (χ1) is 11.9. The molecule has 0 N–H and O–H groups in total. The first kappa shape index (κ1) is 17.2. The molecule has 0 spiro atoms. The van der Waals surface area contributed by atoms with Crippen LogP contribution in [0.25, 0.3) is 22.3 Å². The third-order valence-electron chi connectivity index (χ3n) is 3.59. The fraction of sp³-hybridized carbons (Fsp3) is 0.0526. The van der Waals surface area contributed by atoms with Gasteiger partial charge in [-0.05, 0) is 58.7 Å². The normalized spacial score (nSPS) is 12.0. The van der Waals surface area contributed by atoms with E-state index in [9.17, 15) is 17.4 Å². The van der Waals surface area contributed by atoms with Crippen LogP contribution in [0, 0.1) is 17.5 Å². The van der Waals surface area contributed by atoms with Gasteiger partial charge in [-0.3, -0.25) is 0 Å². The Kier molecular flexibility index (Phi) is 4.90. The third-order valence-corrected chi connectivity index (χ3v) is 4.02. The quantitative estimate of drug-likeness (QED) is 0.645. The fourth-order valence-electron chi connectivity index (χ4n) is 2.48. The molecule has 0 radical (unpaired) electrons. The van der Waals surface area contributed by atoms with E-state index < -0.39 is 28.5 Å². The van der Waals surface area contributed by atoms with Gasteiger partial charge in [-0.2, -0.15) is 0 Å². The van der Waals surface area contributed by atoms with Crippen LogP contribution < -0.4 is 4.18 Å². The molecular weight excluding hydrogens is 349 g/mol. The largest absolute Gasteiger partial charge is 0.401 e. The van der Waals surface area contributed by atoms with Gasteiger partial charge in [0.15, 0.2) is 11.6 Å². The molecule has 0 amide bonds. The van der Waals surface area contributed by atoms with Gasteiger partial charge in [-0.15, -0.1) is 0 Å². The molecule has 2 nitrogen and oxygen atoms in total. The van der Waals surface area contributed by atoms with E-state index in [-0.39, 0.29) is 0 Å². The highest BCUT2D eigenvalue weighted by Gasteiger charge is 2.13. The summed E-state index contributed by atoms with van der Waals surface area (Å²) < 4.78 is 56.8. The van der Waals surface area contributed by atoms with E-state index in [1.807, 2.05) is 0 Å². The van der Waals surface area contributed by atoms with Crippen LogP contribution in [0.3, 0.4) is 0 Å². The van der Waals surface area contributed by atoms with Crippen LogP contribution in [0.4, 0.5) is 13.2 Å². The number of halogens is 3. The van der Waals surface area contributed by atoms with Gasteiger partial charge >= 0.3 is 0 Å². The van der Waals surface area contributed by atoms with E-state index in [1.165, 1.54) is 30.5 Å². The van der Waals surface area contributed by atoms with Gasteiger partial charge in [0.1, 0.15) is 11.6 Å². The standard InChI is InChI=1S/C19H13F3O2S/c1-25(23)24-15-8-4-13(5-9-15)17-11-19(22)18(21)10-16(17)12-2-6-14(20)7-3-12/h2-11H,1H3. The number of hydrogen-bond donors (Lipinski definition) is 0. The van der Waals surface area contributed by atoms with Crippen molar-refractivity contribution in [3.63, 3.8) is 0 Å². The molecule has 0 aliphatic carbocycles. The number of benzene rings is 3. The Hall–Kier alpha value is -2.60. The molecule has 6 heteroatoms. The Labute approximate surface area is 145 Å². The molecule has 3 rings (SSSR count). The first-order valence-electron chi connectivity index (χ1n) is 7.31. The highest BCUT2D eigenvalue weighted by molar-refractivity contribution is 7.79. The Morgan fingerprint density at radius 2 is 1.20 bits per heavy atom. The van der Waals surface area contributed by atoms with Gasteiger partial charge in [-0.1, -0.05) is 24.3 Å². The van der Waals surface area contributed by atoms with Crippen molar-refractivity contribution in [2.75, 3.05) is 6.26 Å². The SMILES string of the molecule is CS(=O)Oc1ccc(-c2cc(F)c(F)cc2-c2ccc(F)cc2)cc1. The summed E-state index contributed by atoms with van der Waals surface area (Å²) in [4.78, 5) is 0. The predicted molar refractivity (Wildman–Crippen MR) is 91.9 cm³/mol. The minimum Gasteiger partial charge on any atom is -0.401 e. The maximum Gasteiger partial charge on any atom is 0.203 e. The van der Waals surface area contributed by atoms with E-state index in [4.69, 9.17) is 4.18 Å². The molecule has 1 unspecified atom stereocenters. The Morgan fingerprint density at radius 1 is 0.760 bits per heavy atom. The monoisotopic (exact) mass is 362 g/mol. The molecule has 0 saturated heterocycles. The van der Waals surface area contributed by atoms with E-state index in [1.54, 1.807) is 24.3 Å². The van der Waals surface area contributed by atoms with Crippen molar-refractivity contribution in [1.29, 1.82) is 0 Å². The summed E-state index contributed by atoms with van der Waals surface area (Å²) >= 11 is -1.46. The Bertz CT molecular complexity index is 923. The third kappa shape index (κ3) is 3.91. The summed E-state index contributed by atoms with van der Waals surface area (Å²) in [5, 5.41) is 0. The highest BCUT2D eigenvalue weighted by Crippen LogP contribution is 2.34. The maximum atomic E-state index is 13.8. The van der Waals surface area contributed by atoms with Crippen LogP contribution in [0.15, 0.2) is 60.7 Å². The van der Waals surface area contributed by atoms with Crippen molar-refractivity contribution in [2.24, 2.45) is 0 Å². The van der Waals surface area contributed by atoms with Crippen molar-refractivity contribution in [2.45, 2.75) is 0 Å². The van der Waals surface area contributed by atoms with Crippen LogP contribution in [0.2, 0.25) is 0 Å². The number of hydrogen-bond acceptors (Lipinski definition) is 2. The van der Waals surface area contributed by atoms with Gasteiger partial charge in [0.05, 0.1) is 0 Å². The van der Waals surface area contributed by atoms with Crippen LogP contribution in [-0.2, 0) is 11.1 Å². The zero-order valence-electron chi connectivity index (χ0n) is 13.1. The minimum atomic E-state index is -1.46. The van der Waals surface area contributed by atoms with Gasteiger partial charge in [0.2, 0.25) is 11.1 Å². The minimum absolute atomic E-state index is 0.399. The average Bonchev–Trinajstić information content (AvgIpc) is 2.58. The zero-order valence-corrected chi connectivity index (χ0v) is 13.9. The lowest BCUT2D eigenvalue weighted by atomic mass is 9.94. The maximum absolute atomic E-state index is 13.8. The van der Waals surface area contributed by atoms with Gasteiger partial charge < -0.3 is 4.18 Å². The summed E-state index contributed by atoms with van der Waals surface area (Å²) in [6, 6.07) is 14.2. The van der Waals surface area contributed by atoms with Gasteiger partial charge in [0, 0.05) is 6.26 Å². The number of rotatable bonds is 4. The average molecular weight is 362 g/mol. The lowest BCUT2D eigenvalue weighted by Crippen LogP contribution is -1.96. The van der Waals surface area contributed by atoms with Gasteiger partial charge in [-0.25, -0.2) is 17.4 Å². The molecular formula is C19H13F3O2S. The second-order valence-electron chi connectivity index (χ2n) is 5.33. The van der Waals surface area contributed by atoms with Crippen LogP contribution >= 0.6 is 0 Å². The van der Waals surface area contributed by atoms with E-state index in [2.05, 4.69) is 0 Å². The predicted octanol–water partition coefficient (Wildman–Crippen LogP) is 5.11. The second-order valence-corrected chi connectivity index (χ2v) is 6.30. The van der Waals surface area contributed by atoms with Crippen LogP contribution in [0.1, 0.15) is 0 Å². The lowest BCUT2D eigenvalue weighted by Gasteiger charge is -2.12. The van der Waals surface area contributed by atoms with E-state index >= 15 is 0 Å². The van der Waals surface area contributed by atoms with Crippen LogP contribution in [0.5, 0.6) is 5.75 Å². The van der Waals surface area contributed by atoms with Crippen molar-refractivity contribution in [1.82, 2.24) is 0 Å². The molecule has 0 fully saturated rings. The molecule has 0 aliphatic heterocycles. The van der Waals surface area contributed by atoms with Crippen molar-refractivity contribution in [3.8, 4) is 28.0 Å². The summed E-state index contributed by atoms with van der Waals surface area (Å²) in [5.74, 6) is -1.97. The molecule has 3 aromatic rings. The Morgan fingerprint density at radius 3 is 1.64 bits per heavy atom. The summed E-state index contributed by atoms with van der Waals surface area (Å²) in [5.41, 5.74) is 2.07. The molecule has 0 aromatic heterocycles. The van der Waals surface area contributed by atoms with E-state index in [0.717, 1.165) is 12.1 Å². The molecule has 0 heterocycles. The molecule has 3 aromatic carbocycles. The first-order valence-corrected chi connectivity index (χ1v) is 8.79.